The summed E-state index contributed by atoms with van der Waals surface area (Å²) < 4.78 is 10.5. The molecule has 0 aliphatic carbocycles. The first-order valence-corrected chi connectivity index (χ1v) is 8.45. The number of hydrogen-bond acceptors (Lipinski definition) is 4. The van der Waals surface area contributed by atoms with Crippen LogP contribution in [0.4, 0.5) is 0 Å². The Bertz CT molecular complexity index is 617. The predicted octanol–water partition coefficient (Wildman–Crippen LogP) is 3.64. The zero-order valence-electron chi connectivity index (χ0n) is 12.8. The van der Waals surface area contributed by atoms with Crippen molar-refractivity contribution in [3.05, 3.63) is 53.6 Å². The van der Waals surface area contributed by atoms with E-state index in [0.29, 0.717) is 12.3 Å². The summed E-state index contributed by atoms with van der Waals surface area (Å²) in [5.41, 5.74) is 0. The third-order valence-electron chi connectivity index (χ3n) is 2.94. The van der Waals surface area contributed by atoms with Gasteiger partial charge in [-0.1, -0.05) is 11.6 Å². The maximum absolute atomic E-state index is 11.7. The van der Waals surface area contributed by atoms with Crippen LogP contribution in [0, 0.1) is 0 Å². The van der Waals surface area contributed by atoms with Crippen molar-refractivity contribution in [2.24, 2.45) is 0 Å². The molecule has 0 aliphatic rings. The highest BCUT2D eigenvalue weighted by Gasteiger charge is 2.03. The van der Waals surface area contributed by atoms with Gasteiger partial charge >= 0.3 is 0 Å². The maximum Gasteiger partial charge on any atom is 0.257 e. The molecule has 6 heteroatoms. The average molecular weight is 352 g/mol. The molecule has 1 amide bonds. The molecule has 0 saturated carbocycles. The van der Waals surface area contributed by atoms with E-state index in [-0.39, 0.29) is 12.5 Å². The highest BCUT2D eigenvalue weighted by atomic mass is 35.5. The zero-order chi connectivity index (χ0) is 16.5. The average Bonchev–Trinajstić information content (AvgIpc) is 2.59. The van der Waals surface area contributed by atoms with Gasteiger partial charge in [0.15, 0.2) is 6.61 Å². The third kappa shape index (κ3) is 6.42. The van der Waals surface area contributed by atoms with Gasteiger partial charge in [-0.05, 0) is 48.5 Å². The molecule has 4 nitrogen and oxygen atoms in total. The number of carbonyl (C=O) groups is 1. The second-order valence-corrected chi connectivity index (χ2v) is 6.22. The summed E-state index contributed by atoms with van der Waals surface area (Å²) in [6, 6.07) is 14.7. The van der Waals surface area contributed by atoms with Gasteiger partial charge in [0.1, 0.15) is 11.5 Å². The standard InChI is InChI=1S/C17H18ClNO3S/c1-21-14-4-6-15(7-5-14)22-12-17(20)19-10-11-23-16-8-2-13(18)3-9-16/h2-9H,10-12H2,1H3,(H,19,20). The number of thioether (sulfide) groups is 1. The number of carbonyl (C=O) groups excluding carboxylic acids is 1. The van der Waals surface area contributed by atoms with Gasteiger partial charge in [0.05, 0.1) is 7.11 Å². The van der Waals surface area contributed by atoms with Crippen LogP contribution in [0.5, 0.6) is 11.5 Å². The van der Waals surface area contributed by atoms with E-state index in [1.165, 1.54) is 0 Å². The monoisotopic (exact) mass is 351 g/mol. The van der Waals surface area contributed by atoms with Gasteiger partial charge in [-0.2, -0.15) is 0 Å². The summed E-state index contributed by atoms with van der Waals surface area (Å²) in [6.45, 7) is 0.579. The van der Waals surface area contributed by atoms with Crippen molar-refractivity contribution in [1.29, 1.82) is 0 Å². The van der Waals surface area contributed by atoms with Crippen molar-refractivity contribution in [3.8, 4) is 11.5 Å². The first kappa shape index (κ1) is 17.5. The molecule has 0 bridgehead atoms. The molecule has 0 aliphatic heterocycles. The number of nitrogens with one attached hydrogen (secondary N) is 1. The highest BCUT2D eigenvalue weighted by Crippen LogP contribution is 2.19. The van der Waals surface area contributed by atoms with Gasteiger partial charge in [-0.3, -0.25) is 4.79 Å². The van der Waals surface area contributed by atoms with Crippen LogP contribution in [0.25, 0.3) is 0 Å². The lowest BCUT2D eigenvalue weighted by molar-refractivity contribution is -0.122. The Morgan fingerprint density at radius 3 is 2.39 bits per heavy atom. The molecule has 2 aromatic rings. The van der Waals surface area contributed by atoms with Gasteiger partial charge in [0.25, 0.3) is 5.91 Å². The molecule has 0 unspecified atom stereocenters. The molecule has 23 heavy (non-hydrogen) atoms. The first-order chi connectivity index (χ1) is 11.2. The first-order valence-electron chi connectivity index (χ1n) is 7.09. The quantitative estimate of drug-likeness (QED) is 0.582. The lowest BCUT2D eigenvalue weighted by Gasteiger charge is -2.08. The Balaban J connectivity index is 1.62. The van der Waals surface area contributed by atoms with Gasteiger partial charge in [0.2, 0.25) is 0 Å². The van der Waals surface area contributed by atoms with Crippen molar-refractivity contribution in [2.45, 2.75) is 4.90 Å². The van der Waals surface area contributed by atoms with Crippen LogP contribution in [0.1, 0.15) is 0 Å². The summed E-state index contributed by atoms with van der Waals surface area (Å²) >= 11 is 7.49. The number of methoxy groups -OCH3 is 1. The number of rotatable bonds is 8. The zero-order valence-corrected chi connectivity index (χ0v) is 14.3. The number of hydrogen-bond donors (Lipinski definition) is 1. The lowest BCUT2D eigenvalue weighted by atomic mass is 10.3. The Morgan fingerprint density at radius 2 is 1.74 bits per heavy atom. The molecule has 0 radical (unpaired) electrons. The highest BCUT2D eigenvalue weighted by molar-refractivity contribution is 7.99. The van der Waals surface area contributed by atoms with Crippen molar-refractivity contribution in [2.75, 3.05) is 26.0 Å². The summed E-state index contributed by atoms with van der Waals surface area (Å²) in [5, 5.41) is 3.54. The molecular formula is C17H18ClNO3S. The van der Waals surface area contributed by atoms with Gasteiger partial charge < -0.3 is 14.8 Å². The van der Waals surface area contributed by atoms with Crippen molar-refractivity contribution < 1.29 is 14.3 Å². The second-order valence-electron chi connectivity index (χ2n) is 4.62. The normalized spacial score (nSPS) is 10.2. The van der Waals surface area contributed by atoms with E-state index in [0.717, 1.165) is 21.4 Å². The smallest absolute Gasteiger partial charge is 0.257 e. The Morgan fingerprint density at radius 1 is 1.09 bits per heavy atom. The number of ether oxygens (including phenoxy) is 2. The third-order valence-corrected chi connectivity index (χ3v) is 4.20. The van der Waals surface area contributed by atoms with Crippen LogP contribution >= 0.6 is 23.4 Å². The summed E-state index contributed by atoms with van der Waals surface area (Å²) in [5.74, 6) is 2.03. The summed E-state index contributed by atoms with van der Waals surface area (Å²) in [4.78, 5) is 12.8. The molecule has 0 saturated heterocycles. The molecule has 1 N–H and O–H groups in total. The fourth-order valence-corrected chi connectivity index (χ4v) is 2.66. The Labute approximate surface area is 145 Å². The van der Waals surface area contributed by atoms with E-state index in [1.807, 2.05) is 24.3 Å². The topological polar surface area (TPSA) is 47.6 Å². The fourth-order valence-electron chi connectivity index (χ4n) is 1.76. The van der Waals surface area contributed by atoms with E-state index >= 15 is 0 Å². The molecule has 0 heterocycles. The molecule has 0 fully saturated rings. The largest absolute Gasteiger partial charge is 0.497 e. The van der Waals surface area contributed by atoms with Gasteiger partial charge in [-0.15, -0.1) is 11.8 Å². The van der Waals surface area contributed by atoms with E-state index in [1.54, 1.807) is 43.1 Å². The molecular weight excluding hydrogens is 334 g/mol. The van der Waals surface area contributed by atoms with Crippen LogP contribution in [-0.4, -0.2) is 31.9 Å². The van der Waals surface area contributed by atoms with E-state index < -0.39 is 0 Å². The Hall–Kier alpha value is -1.85. The van der Waals surface area contributed by atoms with E-state index in [2.05, 4.69) is 5.32 Å². The molecule has 2 aromatic carbocycles. The fraction of sp³-hybridized carbons (Fsp3) is 0.235. The van der Waals surface area contributed by atoms with Crippen molar-refractivity contribution in [1.82, 2.24) is 5.32 Å². The summed E-state index contributed by atoms with van der Waals surface area (Å²) in [6.07, 6.45) is 0. The van der Waals surface area contributed by atoms with Crippen molar-refractivity contribution >= 4 is 29.3 Å². The van der Waals surface area contributed by atoms with Crippen LogP contribution < -0.4 is 14.8 Å². The molecule has 0 atom stereocenters. The predicted molar refractivity (Wildman–Crippen MR) is 93.7 cm³/mol. The number of benzene rings is 2. The summed E-state index contributed by atoms with van der Waals surface area (Å²) in [7, 11) is 1.60. The second kappa shape index (κ2) is 9.33. The Kier molecular flexibility index (Phi) is 7.10. The number of halogens is 1. The number of amides is 1. The van der Waals surface area contributed by atoms with E-state index in [4.69, 9.17) is 21.1 Å². The van der Waals surface area contributed by atoms with Gasteiger partial charge in [-0.25, -0.2) is 0 Å². The van der Waals surface area contributed by atoms with Crippen LogP contribution in [0.15, 0.2) is 53.4 Å². The van der Waals surface area contributed by atoms with Gasteiger partial charge in [0, 0.05) is 22.2 Å². The molecule has 0 aromatic heterocycles. The molecule has 0 spiro atoms. The molecule has 122 valence electrons. The SMILES string of the molecule is COc1ccc(OCC(=O)NCCSc2ccc(Cl)cc2)cc1. The minimum absolute atomic E-state index is 0.00204. The minimum Gasteiger partial charge on any atom is -0.497 e. The minimum atomic E-state index is -0.141. The van der Waals surface area contributed by atoms with Crippen LogP contribution in [-0.2, 0) is 4.79 Å². The van der Waals surface area contributed by atoms with E-state index in [9.17, 15) is 4.79 Å². The van der Waals surface area contributed by atoms with Crippen LogP contribution in [0.2, 0.25) is 5.02 Å². The lowest BCUT2D eigenvalue weighted by Crippen LogP contribution is -2.30. The maximum atomic E-state index is 11.7. The molecule has 2 rings (SSSR count). The van der Waals surface area contributed by atoms with Crippen LogP contribution in [0.3, 0.4) is 0 Å². The van der Waals surface area contributed by atoms with Crippen molar-refractivity contribution in [3.63, 3.8) is 0 Å².